The monoisotopic (exact) mass is 371 g/mol. The molecule has 0 fully saturated rings. The molecule has 0 amide bonds. The number of thioether (sulfide) groups is 1. The van der Waals surface area contributed by atoms with Crippen molar-refractivity contribution < 1.29 is 4.42 Å². The molecule has 0 radical (unpaired) electrons. The Labute approximate surface area is 150 Å². The van der Waals surface area contributed by atoms with Gasteiger partial charge in [0.1, 0.15) is 27.9 Å². The Morgan fingerprint density at radius 2 is 2.20 bits per heavy atom. The first-order valence-corrected chi connectivity index (χ1v) is 9.30. The van der Waals surface area contributed by atoms with Gasteiger partial charge in [-0.05, 0) is 42.7 Å². The third-order valence-electron chi connectivity index (χ3n) is 3.35. The third-order valence-corrected chi connectivity index (χ3v) is 5.11. The lowest BCUT2D eigenvalue weighted by atomic mass is 10.4. The van der Waals surface area contributed by atoms with E-state index in [1.165, 1.54) is 23.1 Å². The molecule has 4 aromatic rings. The van der Waals surface area contributed by atoms with Gasteiger partial charge < -0.3 is 9.40 Å². The summed E-state index contributed by atoms with van der Waals surface area (Å²) in [5, 5.41) is 9.45. The largest absolute Gasteiger partial charge is 0.462 e. The van der Waals surface area contributed by atoms with Crippen LogP contribution in [0.3, 0.4) is 0 Å². The van der Waals surface area contributed by atoms with E-state index < -0.39 is 0 Å². The summed E-state index contributed by atoms with van der Waals surface area (Å²) < 4.78 is 6.11. The maximum absolute atomic E-state index is 11.9. The van der Waals surface area contributed by atoms with Crippen molar-refractivity contribution in [3.8, 4) is 0 Å². The Hall–Kier alpha value is -2.65. The molecule has 0 aliphatic heterocycles. The highest BCUT2D eigenvalue weighted by atomic mass is 32.2. The van der Waals surface area contributed by atoms with Crippen LogP contribution >= 0.6 is 23.1 Å². The Morgan fingerprint density at radius 1 is 1.28 bits per heavy atom. The molecule has 4 rings (SSSR count). The van der Waals surface area contributed by atoms with Gasteiger partial charge in [0.05, 0.1) is 11.3 Å². The predicted octanol–water partition coefficient (Wildman–Crippen LogP) is 3.47. The average Bonchev–Trinajstić information content (AvgIpc) is 3.31. The minimum absolute atomic E-state index is 0.108. The van der Waals surface area contributed by atoms with Gasteiger partial charge in [0.2, 0.25) is 5.16 Å². The highest BCUT2D eigenvalue weighted by Crippen LogP contribution is 2.19. The van der Waals surface area contributed by atoms with Crippen LogP contribution in [0.25, 0.3) is 22.4 Å². The van der Waals surface area contributed by atoms with E-state index in [1.54, 1.807) is 6.08 Å². The molecular weight excluding hydrogens is 358 g/mol. The fourth-order valence-electron chi connectivity index (χ4n) is 2.22. The van der Waals surface area contributed by atoms with Crippen molar-refractivity contribution in [2.45, 2.75) is 17.8 Å². The van der Waals surface area contributed by atoms with Crippen LogP contribution in [0.5, 0.6) is 0 Å². The summed E-state index contributed by atoms with van der Waals surface area (Å²) in [7, 11) is 0. The van der Waals surface area contributed by atoms with Gasteiger partial charge in [0.25, 0.3) is 5.56 Å². The van der Waals surface area contributed by atoms with E-state index in [0.29, 0.717) is 27.3 Å². The van der Waals surface area contributed by atoms with Crippen LogP contribution in [0, 0.1) is 6.92 Å². The van der Waals surface area contributed by atoms with Crippen molar-refractivity contribution >= 4 is 45.5 Å². The molecule has 0 aliphatic rings. The first kappa shape index (κ1) is 15.9. The number of aromatic nitrogens is 5. The molecule has 0 spiro atoms. The van der Waals surface area contributed by atoms with Gasteiger partial charge in [-0.2, -0.15) is 0 Å². The molecule has 0 saturated carbocycles. The maximum Gasteiger partial charge on any atom is 0.268 e. The number of H-pyrrole nitrogens is 2. The smallest absolute Gasteiger partial charge is 0.268 e. The van der Waals surface area contributed by atoms with Crippen LogP contribution in [-0.2, 0) is 5.75 Å². The van der Waals surface area contributed by atoms with Gasteiger partial charge in [-0.15, -0.1) is 16.4 Å². The standard InChI is InChI=1S/C16H13N5O2S2/c1-9-2-3-10(23-9)4-5-12-19-16(21-20-12)25-8-13-17-11-6-7-24-14(11)15(22)18-13/h2-7H,8H2,1H3,(H,17,18,22)(H,19,20,21). The lowest BCUT2D eigenvalue weighted by Crippen LogP contribution is -2.09. The second-order valence-electron chi connectivity index (χ2n) is 5.22. The fraction of sp³-hybridized carbons (Fsp3) is 0.125. The topological polar surface area (TPSA) is 100 Å². The molecule has 0 bridgehead atoms. The summed E-state index contributed by atoms with van der Waals surface area (Å²) in [6.45, 7) is 1.90. The number of thiophene rings is 1. The number of nitrogens with zero attached hydrogens (tertiary/aromatic N) is 3. The highest BCUT2D eigenvalue weighted by Gasteiger charge is 2.07. The van der Waals surface area contributed by atoms with Crippen molar-refractivity contribution in [1.29, 1.82) is 0 Å². The summed E-state index contributed by atoms with van der Waals surface area (Å²) >= 11 is 2.79. The SMILES string of the molecule is Cc1ccc(C=Cc2nc(SCc3nc4ccsc4c(=O)[nH]3)n[nH]2)o1. The fourth-order valence-corrected chi connectivity index (χ4v) is 3.63. The maximum atomic E-state index is 11.9. The van der Waals surface area contributed by atoms with E-state index in [1.807, 2.05) is 36.6 Å². The predicted molar refractivity (Wildman–Crippen MR) is 98.6 cm³/mol. The molecule has 25 heavy (non-hydrogen) atoms. The van der Waals surface area contributed by atoms with Crippen molar-refractivity contribution in [1.82, 2.24) is 25.1 Å². The summed E-state index contributed by atoms with van der Waals surface area (Å²) in [5.41, 5.74) is 0.611. The lowest BCUT2D eigenvalue weighted by Gasteiger charge is -1.98. The van der Waals surface area contributed by atoms with Gasteiger partial charge in [-0.1, -0.05) is 11.8 Å². The van der Waals surface area contributed by atoms with Gasteiger partial charge in [-0.25, -0.2) is 9.97 Å². The van der Waals surface area contributed by atoms with Gasteiger partial charge in [0.15, 0.2) is 0 Å². The Bertz CT molecular complexity index is 1110. The molecule has 9 heteroatoms. The number of hydrogen-bond donors (Lipinski definition) is 2. The Kier molecular flexibility index (Phi) is 4.24. The Morgan fingerprint density at radius 3 is 3.04 bits per heavy atom. The van der Waals surface area contributed by atoms with Gasteiger partial charge in [0, 0.05) is 0 Å². The van der Waals surface area contributed by atoms with Crippen molar-refractivity contribution in [3.63, 3.8) is 0 Å². The number of aromatic amines is 2. The summed E-state index contributed by atoms with van der Waals surface area (Å²) in [6.07, 6.45) is 3.62. The van der Waals surface area contributed by atoms with Gasteiger partial charge in [-0.3, -0.25) is 9.89 Å². The Balaban J connectivity index is 1.43. The zero-order chi connectivity index (χ0) is 17.2. The quantitative estimate of drug-likeness (QED) is 0.521. The average molecular weight is 371 g/mol. The summed E-state index contributed by atoms with van der Waals surface area (Å²) in [5.74, 6) is 3.34. The molecule has 4 aromatic heterocycles. The van der Waals surface area contributed by atoms with Crippen LogP contribution in [0.4, 0.5) is 0 Å². The van der Waals surface area contributed by atoms with Crippen molar-refractivity contribution in [3.05, 3.63) is 57.1 Å². The van der Waals surface area contributed by atoms with Crippen LogP contribution in [0.1, 0.15) is 23.2 Å². The van der Waals surface area contributed by atoms with E-state index in [4.69, 9.17) is 4.42 Å². The van der Waals surface area contributed by atoms with Crippen LogP contribution < -0.4 is 5.56 Å². The summed E-state index contributed by atoms with van der Waals surface area (Å²) in [6, 6.07) is 5.63. The zero-order valence-corrected chi connectivity index (χ0v) is 14.8. The molecule has 0 unspecified atom stereocenters. The number of hydrogen-bond acceptors (Lipinski definition) is 7. The number of nitrogens with one attached hydrogen (secondary N) is 2. The van der Waals surface area contributed by atoms with E-state index >= 15 is 0 Å². The molecule has 126 valence electrons. The van der Waals surface area contributed by atoms with E-state index in [-0.39, 0.29) is 5.56 Å². The molecule has 7 nitrogen and oxygen atoms in total. The lowest BCUT2D eigenvalue weighted by molar-refractivity contribution is 0.525. The normalized spacial score (nSPS) is 11.7. The minimum Gasteiger partial charge on any atom is -0.462 e. The van der Waals surface area contributed by atoms with Gasteiger partial charge >= 0.3 is 0 Å². The van der Waals surface area contributed by atoms with E-state index in [2.05, 4.69) is 25.1 Å². The number of fused-ring (bicyclic) bond motifs is 1. The van der Waals surface area contributed by atoms with Crippen LogP contribution in [0.2, 0.25) is 0 Å². The molecule has 0 atom stereocenters. The minimum atomic E-state index is -0.108. The molecular formula is C16H13N5O2S2. The van der Waals surface area contributed by atoms with Crippen LogP contribution in [-0.4, -0.2) is 25.1 Å². The molecule has 2 N–H and O–H groups in total. The van der Waals surface area contributed by atoms with Crippen molar-refractivity contribution in [2.24, 2.45) is 0 Å². The van der Waals surface area contributed by atoms with Crippen molar-refractivity contribution in [2.75, 3.05) is 0 Å². The highest BCUT2D eigenvalue weighted by molar-refractivity contribution is 7.98. The number of rotatable bonds is 5. The van der Waals surface area contributed by atoms with E-state index in [0.717, 1.165) is 17.0 Å². The zero-order valence-electron chi connectivity index (χ0n) is 13.1. The van der Waals surface area contributed by atoms with E-state index in [9.17, 15) is 4.79 Å². The number of furan rings is 1. The first-order valence-electron chi connectivity index (χ1n) is 7.43. The molecule has 4 heterocycles. The summed E-state index contributed by atoms with van der Waals surface area (Å²) in [4.78, 5) is 23.6. The second-order valence-corrected chi connectivity index (χ2v) is 7.08. The van der Waals surface area contributed by atoms with Crippen LogP contribution in [0.15, 0.2) is 37.9 Å². The molecule has 0 aromatic carbocycles. The third kappa shape index (κ3) is 3.57. The molecule has 0 saturated heterocycles. The number of aryl methyl sites for hydroxylation is 1. The second kappa shape index (κ2) is 6.69. The molecule has 0 aliphatic carbocycles. The first-order chi connectivity index (χ1) is 12.2.